The summed E-state index contributed by atoms with van der Waals surface area (Å²) in [6.45, 7) is 0.290. The smallest absolute Gasteiger partial charge is 0.338 e. The number of carbonyl (C=O) groups is 1. The molecule has 84 valence electrons. The van der Waals surface area contributed by atoms with Crippen LogP contribution in [0.3, 0.4) is 0 Å². The number of esters is 1. The molecule has 1 heterocycles. The van der Waals surface area contributed by atoms with Gasteiger partial charge in [0.2, 0.25) is 0 Å². The minimum absolute atomic E-state index is 0. The normalized spacial score (nSPS) is 9.25. The Kier molecular flexibility index (Phi) is 4.95. The molecule has 0 aliphatic carbocycles. The largest absolute Gasteiger partial charge is 0.456 e. The quantitative estimate of drug-likeness (QED) is 0.792. The molecule has 0 saturated carbocycles. The highest BCUT2D eigenvalue weighted by Gasteiger charge is 2.06. The maximum atomic E-state index is 11.5. The number of rotatable bonds is 3. The predicted molar refractivity (Wildman–Crippen MR) is 64.9 cm³/mol. The van der Waals surface area contributed by atoms with E-state index in [1.165, 1.54) is 11.3 Å². The molecule has 0 bridgehead atoms. The molecule has 0 aliphatic heterocycles. The van der Waals surface area contributed by atoms with Gasteiger partial charge < -0.3 is 4.74 Å². The zero-order valence-electron chi connectivity index (χ0n) is 8.33. The van der Waals surface area contributed by atoms with Gasteiger partial charge in [0.15, 0.2) is 0 Å². The van der Waals surface area contributed by atoms with Gasteiger partial charge in [0.25, 0.3) is 0 Å². The third-order valence-electron chi connectivity index (χ3n) is 1.84. The number of benzene rings is 1. The molecule has 1 aromatic carbocycles. The lowest BCUT2D eigenvalue weighted by atomic mass is 10.2. The van der Waals surface area contributed by atoms with Gasteiger partial charge in [0.1, 0.15) is 6.61 Å². The molecule has 0 aliphatic rings. The van der Waals surface area contributed by atoms with Gasteiger partial charge in [0, 0.05) is 6.20 Å². The van der Waals surface area contributed by atoms with E-state index in [9.17, 15) is 4.79 Å². The summed E-state index contributed by atoms with van der Waals surface area (Å²) < 4.78 is 5.10. The van der Waals surface area contributed by atoms with Gasteiger partial charge >= 0.3 is 5.97 Å². The van der Waals surface area contributed by atoms with Crippen molar-refractivity contribution >= 4 is 29.7 Å². The first-order valence-corrected chi connectivity index (χ1v) is 5.34. The molecule has 5 heteroatoms. The van der Waals surface area contributed by atoms with Crippen molar-refractivity contribution in [3.63, 3.8) is 0 Å². The fourth-order valence-corrected chi connectivity index (χ4v) is 1.61. The van der Waals surface area contributed by atoms with Gasteiger partial charge in [-0.2, -0.15) is 0 Å². The van der Waals surface area contributed by atoms with Gasteiger partial charge in [-0.05, 0) is 12.1 Å². The fourth-order valence-electron chi connectivity index (χ4n) is 1.11. The van der Waals surface area contributed by atoms with Crippen molar-refractivity contribution in [1.82, 2.24) is 4.98 Å². The third kappa shape index (κ3) is 3.32. The number of thiazole rings is 1. The van der Waals surface area contributed by atoms with Gasteiger partial charge in [-0.3, -0.25) is 4.98 Å². The molecule has 16 heavy (non-hydrogen) atoms. The zero-order chi connectivity index (χ0) is 10.5. The molecule has 0 atom stereocenters. The molecule has 1 aromatic heterocycles. The van der Waals surface area contributed by atoms with E-state index in [4.69, 9.17) is 4.74 Å². The highest BCUT2D eigenvalue weighted by molar-refractivity contribution is 7.09. The van der Waals surface area contributed by atoms with Crippen molar-refractivity contribution in [3.05, 3.63) is 52.5 Å². The van der Waals surface area contributed by atoms with Crippen LogP contribution >= 0.6 is 23.7 Å². The Balaban J connectivity index is 0.00000128. The Morgan fingerprint density at radius 2 is 2.06 bits per heavy atom. The number of carbonyl (C=O) groups excluding carboxylic acids is 1. The number of aromatic nitrogens is 1. The number of ether oxygens (including phenoxy) is 1. The monoisotopic (exact) mass is 255 g/mol. The number of halogens is 1. The van der Waals surface area contributed by atoms with E-state index in [1.807, 2.05) is 18.2 Å². The van der Waals surface area contributed by atoms with Crippen LogP contribution in [0.25, 0.3) is 0 Å². The lowest BCUT2D eigenvalue weighted by molar-refractivity contribution is 0.0476. The van der Waals surface area contributed by atoms with Crippen molar-refractivity contribution in [2.24, 2.45) is 0 Å². The molecule has 2 aromatic rings. The van der Waals surface area contributed by atoms with E-state index < -0.39 is 0 Å². The second-order valence-electron chi connectivity index (χ2n) is 2.91. The van der Waals surface area contributed by atoms with E-state index in [1.54, 1.807) is 23.8 Å². The van der Waals surface area contributed by atoms with Gasteiger partial charge in [-0.1, -0.05) is 18.2 Å². The molecule has 3 nitrogen and oxygen atoms in total. The minimum Gasteiger partial charge on any atom is -0.456 e. The highest BCUT2D eigenvalue weighted by Crippen LogP contribution is 2.09. The summed E-state index contributed by atoms with van der Waals surface area (Å²) in [6.07, 6.45) is 1.70. The Hall–Kier alpha value is -1.39. The Labute approximate surface area is 104 Å². The first-order valence-electron chi connectivity index (χ1n) is 4.46. The van der Waals surface area contributed by atoms with Crippen molar-refractivity contribution < 1.29 is 9.53 Å². The van der Waals surface area contributed by atoms with Crippen LogP contribution < -0.4 is 0 Å². The molecule has 0 saturated heterocycles. The summed E-state index contributed by atoms with van der Waals surface area (Å²) in [4.78, 5) is 16.3. The van der Waals surface area contributed by atoms with Crippen LogP contribution in [0.4, 0.5) is 0 Å². The van der Waals surface area contributed by atoms with E-state index in [2.05, 4.69) is 4.98 Å². The van der Waals surface area contributed by atoms with Crippen molar-refractivity contribution in [1.29, 1.82) is 0 Å². The summed E-state index contributed by atoms with van der Waals surface area (Å²) >= 11 is 1.47. The first kappa shape index (κ1) is 12.7. The summed E-state index contributed by atoms with van der Waals surface area (Å²) in [7, 11) is 0. The van der Waals surface area contributed by atoms with Crippen LogP contribution in [0.2, 0.25) is 0 Å². The first-order chi connectivity index (χ1) is 7.36. The summed E-state index contributed by atoms with van der Waals surface area (Å²) in [5.74, 6) is -0.302. The van der Waals surface area contributed by atoms with Crippen LogP contribution in [0.15, 0.2) is 42.0 Å². The van der Waals surface area contributed by atoms with Crippen molar-refractivity contribution in [2.75, 3.05) is 0 Å². The molecule has 0 fully saturated rings. The van der Waals surface area contributed by atoms with Crippen molar-refractivity contribution in [3.8, 4) is 0 Å². The Bertz CT molecular complexity index is 431. The highest BCUT2D eigenvalue weighted by atomic mass is 35.5. The van der Waals surface area contributed by atoms with Crippen LogP contribution in [0.1, 0.15) is 15.2 Å². The molecule has 0 radical (unpaired) electrons. The molecule has 0 spiro atoms. The second kappa shape index (κ2) is 6.25. The number of hydrogen-bond acceptors (Lipinski definition) is 4. The molecule has 2 rings (SSSR count). The summed E-state index contributed by atoms with van der Waals surface area (Å²) in [6, 6.07) is 8.94. The molecular weight excluding hydrogens is 246 g/mol. The second-order valence-corrected chi connectivity index (χ2v) is 3.88. The topological polar surface area (TPSA) is 39.2 Å². The SMILES string of the molecule is Cl.O=C(OCc1cncs1)c1ccccc1. The lowest BCUT2D eigenvalue weighted by Crippen LogP contribution is -2.03. The molecular formula is C11H10ClNO2S. The van der Waals surface area contributed by atoms with E-state index in [-0.39, 0.29) is 18.4 Å². The lowest BCUT2D eigenvalue weighted by Gasteiger charge is -2.01. The van der Waals surface area contributed by atoms with E-state index >= 15 is 0 Å². The maximum Gasteiger partial charge on any atom is 0.338 e. The van der Waals surface area contributed by atoms with Crippen LogP contribution in [0.5, 0.6) is 0 Å². The van der Waals surface area contributed by atoms with Crippen LogP contribution in [-0.2, 0) is 11.3 Å². The van der Waals surface area contributed by atoms with Crippen LogP contribution in [-0.4, -0.2) is 11.0 Å². The average molecular weight is 256 g/mol. The number of hydrogen-bond donors (Lipinski definition) is 0. The van der Waals surface area contributed by atoms with Gasteiger partial charge in [0.05, 0.1) is 16.0 Å². The van der Waals surface area contributed by atoms with Gasteiger partial charge in [-0.15, -0.1) is 23.7 Å². The fraction of sp³-hybridized carbons (Fsp3) is 0.0909. The van der Waals surface area contributed by atoms with Crippen molar-refractivity contribution in [2.45, 2.75) is 6.61 Å². The van der Waals surface area contributed by atoms with E-state index in [0.29, 0.717) is 12.2 Å². The third-order valence-corrected chi connectivity index (χ3v) is 2.59. The van der Waals surface area contributed by atoms with E-state index in [0.717, 1.165) is 4.88 Å². The zero-order valence-corrected chi connectivity index (χ0v) is 9.96. The standard InChI is InChI=1S/C11H9NO2S.ClH/c13-11(9-4-2-1-3-5-9)14-7-10-6-12-8-15-10;/h1-6,8H,7H2;1H. The minimum atomic E-state index is -0.302. The average Bonchev–Trinajstić information content (AvgIpc) is 2.80. The predicted octanol–water partition coefficient (Wildman–Crippen LogP) is 2.92. The maximum absolute atomic E-state index is 11.5. The number of nitrogens with zero attached hydrogens (tertiary/aromatic N) is 1. The van der Waals surface area contributed by atoms with Gasteiger partial charge in [-0.25, -0.2) is 4.79 Å². The van der Waals surface area contributed by atoms with Crippen LogP contribution in [0, 0.1) is 0 Å². The Morgan fingerprint density at radius 1 is 1.31 bits per heavy atom. The Morgan fingerprint density at radius 3 is 2.69 bits per heavy atom. The molecule has 0 N–H and O–H groups in total. The molecule has 0 unspecified atom stereocenters. The summed E-state index contributed by atoms with van der Waals surface area (Å²) in [5.41, 5.74) is 2.29. The molecule has 0 amide bonds. The summed E-state index contributed by atoms with van der Waals surface area (Å²) in [5, 5.41) is 0.